The molecular weight excluding hydrogens is 129 g/mol. The molecule has 1 nitrogen and oxygen atoms in total. The van der Waals surface area contributed by atoms with E-state index in [2.05, 4.69) is 4.90 Å². The average molecular weight is 145 g/mol. The van der Waals surface area contributed by atoms with Crippen molar-refractivity contribution in [2.45, 2.75) is 25.7 Å². The molecule has 0 aromatic heterocycles. The van der Waals surface area contributed by atoms with Crippen LogP contribution in [0.15, 0.2) is 0 Å². The second kappa shape index (κ2) is 4.67. The Bertz CT molecular complexity index is 77.3. The third-order valence-corrected chi connectivity index (χ3v) is 2.10. The fourth-order valence-electron chi connectivity index (χ4n) is 1.48. The summed E-state index contributed by atoms with van der Waals surface area (Å²) < 4.78 is 11.9. The van der Waals surface area contributed by atoms with Gasteiger partial charge in [0, 0.05) is 6.54 Å². The average Bonchev–Trinajstić information content (AvgIpc) is 2.17. The Hall–Kier alpha value is -0.110. The zero-order valence-corrected chi connectivity index (χ0v) is 6.48. The Morgan fingerprint density at radius 3 is 2.10 bits per heavy atom. The number of hydrogen-bond donors (Lipinski definition) is 0. The summed E-state index contributed by atoms with van der Waals surface area (Å²) in [6.45, 7) is 2.70. The highest BCUT2D eigenvalue weighted by Gasteiger charge is 2.06. The van der Waals surface area contributed by atoms with E-state index in [1.165, 1.54) is 25.7 Å². The van der Waals surface area contributed by atoms with Crippen molar-refractivity contribution in [2.75, 3.05) is 26.3 Å². The maximum atomic E-state index is 11.9. The summed E-state index contributed by atoms with van der Waals surface area (Å²) in [6.07, 6.45) is 5.20. The van der Waals surface area contributed by atoms with Crippen molar-refractivity contribution >= 4 is 0 Å². The Kier molecular flexibility index (Phi) is 3.73. The van der Waals surface area contributed by atoms with Crippen molar-refractivity contribution in [3.05, 3.63) is 0 Å². The first-order valence-electron chi connectivity index (χ1n) is 4.22. The number of halogens is 1. The van der Waals surface area contributed by atoms with Crippen molar-refractivity contribution in [3.8, 4) is 0 Å². The highest BCUT2D eigenvalue weighted by atomic mass is 19.1. The van der Waals surface area contributed by atoms with Gasteiger partial charge in [0.15, 0.2) is 0 Å². The fraction of sp³-hybridized carbons (Fsp3) is 1.00. The first-order chi connectivity index (χ1) is 4.93. The normalized spacial score (nSPS) is 22.5. The van der Waals surface area contributed by atoms with Gasteiger partial charge >= 0.3 is 0 Å². The van der Waals surface area contributed by atoms with Crippen LogP contribution in [-0.4, -0.2) is 31.2 Å². The molecule has 10 heavy (non-hydrogen) atoms. The molecule has 0 spiro atoms. The van der Waals surface area contributed by atoms with Gasteiger partial charge in [-0.15, -0.1) is 0 Å². The SMILES string of the molecule is FCCN1CCCCCC1. The van der Waals surface area contributed by atoms with Crippen molar-refractivity contribution in [3.63, 3.8) is 0 Å². The first kappa shape index (κ1) is 7.99. The van der Waals surface area contributed by atoms with Gasteiger partial charge in [-0.2, -0.15) is 0 Å². The molecule has 1 saturated heterocycles. The van der Waals surface area contributed by atoms with Gasteiger partial charge in [-0.05, 0) is 25.9 Å². The molecule has 0 amide bonds. The molecule has 0 bridgehead atoms. The minimum atomic E-state index is -0.181. The summed E-state index contributed by atoms with van der Waals surface area (Å²) in [5, 5.41) is 0. The van der Waals surface area contributed by atoms with Crippen molar-refractivity contribution < 1.29 is 4.39 Å². The van der Waals surface area contributed by atoms with E-state index < -0.39 is 0 Å². The zero-order valence-electron chi connectivity index (χ0n) is 6.48. The van der Waals surface area contributed by atoms with E-state index in [-0.39, 0.29) is 6.67 Å². The summed E-state index contributed by atoms with van der Waals surface area (Å²) in [6, 6.07) is 0. The topological polar surface area (TPSA) is 3.24 Å². The number of hydrogen-bond acceptors (Lipinski definition) is 1. The fourth-order valence-corrected chi connectivity index (χ4v) is 1.48. The van der Waals surface area contributed by atoms with E-state index in [4.69, 9.17) is 0 Å². The van der Waals surface area contributed by atoms with Crippen LogP contribution in [0.3, 0.4) is 0 Å². The van der Waals surface area contributed by atoms with E-state index >= 15 is 0 Å². The van der Waals surface area contributed by atoms with Crippen LogP contribution in [0, 0.1) is 0 Å². The van der Waals surface area contributed by atoms with Crippen LogP contribution in [0.25, 0.3) is 0 Å². The maximum absolute atomic E-state index is 11.9. The standard InChI is InChI=1S/C8H16FN/c9-5-8-10-6-3-1-2-4-7-10/h1-8H2. The third-order valence-electron chi connectivity index (χ3n) is 2.10. The first-order valence-corrected chi connectivity index (χ1v) is 4.22. The van der Waals surface area contributed by atoms with Crippen LogP contribution in [-0.2, 0) is 0 Å². The van der Waals surface area contributed by atoms with Crippen LogP contribution in [0.2, 0.25) is 0 Å². The second-order valence-electron chi connectivity index (χ2n) is 2.94. The number of alkyl halides is 1. The quantitative estimate of drug-likeness (QED) is 0.573. The minimum absolute atomic E-state index is 0.181. The molecule has 1 fully saturated rings. The number of rotatable bonds is 2. The Balaban J connectivity index is 2.15. The molecule has 2 heteroatoms. The molecule has 1 aliphatic heterocycles. The van der Waals surface area contributed by atoms with E-state index in [1.807, 2.05) is 0 Å². The molecular formula is C8H16FN. The van der Waals surface area contributed by atoms with Crippen LogP contribution in [0.5, 0.6) is 0 Å². The van der Waals surface area contributed by atoms with Gasteiger partial charge in [0.1, 0.15) is 6.67 Å². The van der Waals surface area contributed by atoms with Crippen LogP contribution in [0.4, 0.5) is 4.39 Å². The summed E-state index contributed by atoms with van der Waals surface area (Å²) in [7, 11) is 0. The molecule has 1 aliphatic rings. The second-order valence-corrected chi connectivity index (χ2v) is 2.94. The summed E-state index contributed by atoms with van der Waals surface area (Å²) in [5.74, 6) is 0. The molecule has 60 valence electrons. The Labute approximate surface area is 62.2 Å². The summed E-state index contributed by atoms with van der Waals surface area (Å²) >= 11 is 0. The van der Waals surface area contributed by atoms with Gasteiger partial charge in [0.2, 0.25) is 0 Å². The molecule has 0 N–H and O–H groups in total. The maximum Gasteiger partial charge on any atom is 0.102 e. The van der Waals surface area contributed by atoms with Crippen LogP contribution < -0.4 is 0 Å². The van der Waals surface area contributed by atoms with Gasteiger partial charge in [0.05, 0.1) is 0 Å². The van der Waals surface area contributed by atoms with Gasteiger partial charge in [0.25, 0.3) is 0 Å². The molecule has 0 aromatic rings. The Morgan fingerprint density at radius 2 is 1.60 bits per heavy atom. The molecule has 1 rings (SSSR count). The van der Waals surface area contributed by atoms with E-state index in [9.17, 15) is 4.39 Å². The van der Waals surface area contributed by atoms with Gasteiger partial charge in [-0.25, -0.2) is 4.39 Å². The van der Waals surface area contributed by atoms with E-state index in [1.54, 1.807) is 0 Å². The summed E-state index contributed by atoms with van der Waals surface area (Å²) in [4.78, 5) is 2.23. The van der Waals surface area contributed by atoms with E-state index in [0.29, 0.717) is 6.54 Å². The lowest BCUT2D eigenvalue weighted by atomic mass is 10.2. The van der Waals surface area contributed by atoms with Gasteiger partial charge in [-0.3, -0.25) is 0 Å². The third kappa shape index (κ3) is 2.65. The van der Waals surface area contributed by atoms with Crippen LogP contribution in [0.1, 0.15) is 25.7 Å². The molecule has 1 heterocycles. The molecule has 0 radical (unpaired) electrons. The summed E-state index contributed by atoms with van der Waals surface area (Å²) in [5.41, 5.74) is 0. The number of nitrogens with zero attached hydrogens (tertiary/aromatic N) is 1. The Morgan fingerprint density at radius 1 is 1.00 bits per heavy atom. The monoisotopic (exact) mass is 145 g/mol. The molecule has 0 atom stereocenters. The van der Waals surface area contributed by atoms with Crippen molar-refractivity contribution in [2.24, 2.45) is 0 Å². The van der Waals surface area contributed by atoms with Crippen molar-refractivity contribution in [1.29, 1.82) is 0 Å². The lowest BCUT2D eigenvalue weighted by Crippen LogP contribution is -2.26. The predicted octanol–water partition coefficient (Wildman–Crippen LogP) is 1.83. The van der Waals surface area contributed by atoms with Gasteiger partial charge < -0.3 is 4.90 Å². The smallest absolute Gasteiger partial charge is 0.102 e. The van der Waals surface area contributed by atoms with Gasteiger partial charge in [-0.1, -0.05) is 12.8 Å². The molecule has 0 unspecified atom stereocenters. The minimum Gasteiger partial charge on any atom is -0.301 e. The highest BCUT2D eigenvalue weighted by molar-refractivity contribution is 4.62. The van der Waals surface area contributed by atoms with Crippen LogP contribution >= 0.6 is 0 Å². The lowest BCUT2D eigenvalue weighted by molar-refractivity contribution is 0.257. The predicted molar refractivity (Wildman–Crippen MR) is 40.9 cm³/mol. The van der Waals surface area contributed by atoms with Crippen molar-refractivity contribution in [1.82, 2.24) is 4.90 Å². The highest BCUT2D eigenvalue weighted by Crippen LogP contribution is 2.08. The zero-order chi connectivity index (χ0) is 7.23. The lowest BCUT2D eigenvalue weighted by Gasteiger charge is -2.16. The molecule has 0 saturated carbocycles. The molecule has 0 aliphatic carbocycles. The molecule has 0 aromatic carbocycles. The largest absolute Gasteiger partial charge is 0.301 e. The number of likely N-dealkylation sites (tertiary alicyclic amines) is 1. The van der Waals surface area contributed by atoms with E-state index in [0.717, 1.165) is 13.1 Å².